The van der Waals surface area contributed by atoms with Crippen molar-refractivity contribution < 1.29 is 0 Å². The molecule has 18 heavy (non-hydrogen) atoms. The molecule has 1 aliphatic heterocycles. The normalized spacial score (nSPS) is 19.9. The second-order valence-corrected chi connectivity index (χ2v) is 5.59. The number of hydrogen-bond donors (Lipinski definition) is 1. The minimum absolute atomic E-state index is 0.453. The third-order valence-electron chi connectivity index (χ3n) is 3.36. The number of piperazine rings is 1. The van der Waals surface area contributed by atoms with Gasteiger partial charge in [-0.15, -0.1) is 0 Å². The Morgan fingerprint density at radius 1 is 1.17 bits per heavy atom. The molecule has 100 valence electrons. The van der Waals surface area contributed by atoms with Gasteiger partial charge in [0.2, 0.25) is 0 Å². The summed E-state index contributed by atoms with van der Waals surface area (Å²) in [4.78, 5) is 2.36. The zero-order chi connectivity index (χ0) is 13.0. The molecule has 2 rings (SSSR count). The van der Waals surface area contributed by atoms with Crippen LogP contribution in [0.3, 0.4) is 0 Å². The first-order chi connectivity index (χ1) is 8.63. The molecule has 1 atom stereocenters. The molecule has 1 N–H and O–H groups in total. The highest BCUT2D eigenvalue weighted by Crippen LogP contribution is 2.11. The Balaban J connectivity index is 1.78. The summed E-state index contributed by atoms with van der Waals surface area (Å²) in [6.07, 6.45) is 1.03. The Bertz CT molecular complexity index is 358. The molecule has 1 unspecified atom stereocenters. The van der Waals surface area contributed by atoms with Crippen LogP contribution in [0, 0.1) is 0 Å². The van der Waals surface area contributed by atoms with Gasteiger partial charge < -0.3 is 4.90 Å². The number of benzene rings is 1. The molecule has 0 aliphatic carbocycles. The van der Waals surface area contributed by atoms with Crippen molar-refractivity contribution in [2.45, 2.75) is 19.4 Å². The first kappa shape index (κ1) is 13.8. The monoisotopic (exact) mass is 267 g/mol. The quantitative estimate of drug-likeness (QED) is 0.901. The van der Waals surface area contributed by atoms with Crippen LogP contribution in [0.25, 0.3) is 0 Å². The van der Waals surface area contributed by atoms with Crippen LogP contribution in [-0.2, 0) is 6.42 Å². The fraction of sp³-hybridized carbons (Fsp3) is 0.571. The molecule has 3 nitrogen and oxygen atoms in total. The summed E-state index contributed by atoms with van der Waals surface area (Å²) in [5.41, 5.74) is 4.90. The number of rotatable bonds is 4. The minimum atomic E-state index is 0.453. The van der Waals surface area contributed by atoms with Gasteiger partial charge in [-0.25, -0.2) is 5.01 Å². The van der Waals surface area contributed by atoms with Gasteiger partial charge in [-0.05, 0) is 38.1 Å². The smallest absolute Gasteiger partial charge is 0.0406 e. The zero-order valence-electron chi connectivity index (χ0n) is 11.2. The number of hydrogen-bond acceptors (Lipinski definition) is 3. The predicted molar refractivity (Wildman–Crippen MR) is 76.8 cm³/mol. The molecular formula is C14H22ClN3. The second-order valence-electron chi connectivity index (χ2n) is 5.15. The van der Waals surface area contributed by atoms with Gasteiger partial charge in [-0.3, -0.25) is 5.43 Å². The first-order valence-electron chi connectivity index (χ1n) is 6.57. The second kappa shape index (κ2) is 6.53. The maximum Gasteiger partial charge on any atom is 0.0406 e. The van der Waals surface area contributed by atoms with Crippen molar-refractivity contribution in [3.63, 3.8) is 0 Å². The largest absolute Gasteiger partial charge is 0.304 e. The topological polar surface area (TPSA) is 18.5 Å². The van der Waals surface area contributed by atoms with Gasteiger partial charge in [0.25, 0.3) is 0 Å². The number of halogens is 1. The van der Waals surface area contributed by atoms with Crippen LogP contribution in [-0.4, -0.2) is 49.2 Å². The van der Waals surface area contributed by atoms with Crippen molar-refractivity contribution in [3.8, 4) is 0 Å². The standard InChI is InChI=1S/C14H22ClN3/c1-12(11-13-3-5-14(15)6-4-13)16-18-9-7-17(2)8-10-18/h3-6,12,16H,7-11H2,1-2H3. The number of nitrogens with one attached hydrogen (secondary N) is 1. The van der Waals surface area contributed by atoms with Crippen LogP contribution in [0.1, 0.15) is 12.5 Å². The van der Waals surface area contributed by atoms with Gasteiger partial charge in [0.1, 0.15) is 0 Å². The summed E-state index contributed by atoms with van der Waals surface area (Å²) < 4.78 is 0. The van der Waals surface area contributed by atoms with Crippen molar-refractivity contribution >= 4 is 11.6 Å². The summed E-state index contributed by atoms with van der Waals surface area (Å²) in [5.74, 6) is 0. The van der Waals surface area contributed by atoms with E-state index in [-0.39, 0.29) is 0 Å². The Morgan fingerprint density at radius 2 is 1.78 bits per heavy atom. The van der Waals surface area contributed by atoms with E-state index in [4.69, 9.17) is 11.6 Å². The van der Waals surface area contributed by atoms with Crippen molar-refractivity contribution in [2.75, 3.05) is 33.2 Å². The first-order valence-corrected chi connectivity index (χ1v) is 6.95. The van der Waals surface area contributed by atoms with Crippen LogP contribution >= 0.6 is 11.6 Å². The van der Waals surface area contributed by atoms with Crippen molar-refractivity contribution in [1.82, 2.24) is 15.3 Å². The molecule has 1 aromatic carbocycles. The molecule has 1 fully saturated rings. The third kappa shape index (κ3) is 4.25. The van der Waals surface area contributed by atoms with Crippen LogP contribution < -0.4 is 5.43 Å². The molecule has 1 aromatic rings. The van der Waals surface area contributed by atoms with Crippen molar-refractivity contribution in [3.05, 3.63) is 34.9 Å². The van der Waals surface area contributed by atoms with Crippen LogP contribution in [0.4, 0.5) is 0 Å². The van der Waals surface area contributed by atoms with Gasteiger partial charge in [0, 0.05) is 37.2 Å². The SMILES string of the molecule is CC(Cc1ccc(Cl)cc1)NN1CCN(C)CC1. The van der Waals surface area contributed by atoms with Gasteiger partial charge in [0.05, 0.1) is 0 Å². The molecule has 0 bridgehead atoms. The highest BCUT2D eigenvalue weighted by Gasteiger charge is 2.15. The Kier molecular flexibility index (Phi) is 5.01. The molecule has 4 heteroatoms. The maximum absolute atomic E-state index is 5.89. The predicted octanol–water partition coefficient (Wildman–Crippen LogP) is 2.02. The highest BCUT2D eigenvalue weighted by atomic mass is 35.5. The van der Waals surface area contributed by atoms with Gasteiger partial charge in [-0.1, -0.05) is 23.7 Å². The fourth-order valence-electron chi connectivity index (χ4n) is 2.27. The molecule has 0 aromatic heterocycles. The molecule has 1 aliphatic rings. The lowest BCUT2D eigenvalue weighted by atomic mass is 10.1. The molecule has 0 spiro atoms. The van der Waals surface area contributed by atoms with E-state index in [9.17, 15) is 0 Å². The fourth-order valence-corrected chi connectivity index (χ4v) is 2.39. The zero-order valence-corrected chi connectivity index (χ0v) is 12.0. The lowest BCUT2D eigenvalue weighted by Crippen LogP contribution is -2.53. The molecular weight excluding hydrogens is 246 g/mol. The molecule has 1 heterocycles. The van der Waals surface area contributed by atoms with E-state index < -0.39 is 0 Å². The van der Waals surface area contributed by atoms with E-state index in [1.165, 1.54) is 5.56 Å². The lowest BCUT2D eigenvalue weighted by Gasteiger charge is -2.34. The summed E-state index contributed by atoms with van der Waals surface area (Å²) in [7, 11) is 2.18. The van der Waals surface area contributed by atoms with E-state index in [2.05, 4.69) is 41.4 Å². The summed E-state index contributed by atoms with van der Waals surface area (Å²) >= 11 is 5.89. The van der Waals surface area contributed by atoms with Crippen LogP contribution in [0.2, 0.25) is 5.02 Å². The van der Waals surface area contributed by atoms with Gasteiger partial charge in [-0.2, -0.15) is 0 Å². The number of nitrogens with zero attached hydrogens (tertiary/aromatic N) is 2. The van der Waals surface area contributed by atoms with Gasteiger partial charge in [0.15, 0.2) is 0 Å². The van der Waals surface area contributed by atoms with E-state index in [0.717, 1.165) is 37.6 Å². The average Bonchev–Trinajstić information content (AvgIpc) is 2.35. The summed E-state index contributed by atoms with van der Waals surface area (Å²) in [5, 5.41) is 3.14. The highest BCUT2D eigenvalue weighted by molar-refractivity contribution is 6.30. The Labute approximate surface area is 115 Å². The van der Waals surface area contributed by atoms with E-state index in [0.29, 0.717) is 6.04 Å². The third-order valence-corrected chi connectivity index (χ3v) is 3.61. The lowest BCUT2D eigenvalue weighted by molar-refractivity contribution is 0.0899. The van der Waals surface area contributed by atoms with Crippen molar-refractivity contribution in [2.24, 2.45) is 0 Å². The summed E-state index contributed by atoms with van der Waals surface area (Å²) in [6.45, 7) is 6.71. The van der Waals surface area contributed by atoms with Crippen LogP contribution in [0.5, 0.6) is 0 Å². The Morgan fingerprint density at radius 3 is 2.39 bits per heavy atom. The van der Waals surface area contributed by atoms with E-state index in [1.54, 1.807) is 0 Å². The molecule has 1 saturated heterocycles. The van der Waals surface area contributed by atoms with Gasteiger partial charge >= 0.3 is 0 Å². The van der Waals surface area contributed by atoms with Crippen LogP contribution in [0.15, 0.2) is 24.3 Å². The summed E-state index contributed by atoms with van der Waals surface area (Å²) in [6, 6.07) is 8.57. The molecule has 0 radical (unpaired) electrons. The number of hydrazine groups is 1. The molecule has 0 saturated carbocycles. The minimum Gasteiger partial charge on any atom is -0.304 e. The maximum atomic E-state index is 5.89. The van der Waals surface area contributed by atoms with E-state index >= 15 is 0 Å². The van der Waals surface area contributed by atoms with Crippen molar-refractivity contribution in [1.29, 1.82) is 0 Å². The van der Waals surface area contributed by atoms with E-state index in [1.807, 2.05) is 12.1 Å². The molecule has 0 amide bonds. The number of likely N-dealkylation sites (N-methyl/N-ethyl adjacent to an activating group) is 1. The Hall–Kier alpha value is -0.610. The average molecular weight is 268 g/mol.